The molecule has 1 N–H and O–H groups in total. The van der Waals surface area contributed by atoms with Crippen molar-refractivity contribution in [3.63, 3.8) is 0 Å². The smallest absolute Gasteiger partial charge is 0.152 e. The van der Waals surface area contributed by atoms with Crippen LogP contribution in [0.3, 0.4) is 0 Å². The Morgan fingerprint density at radius 3 is 2.54 bits per heavy atom. The Morgan fingerprint density at radius 1 is 1.54 bits per heavy atom. The summed E-state index contributed by atoms with van der Waals surface area (Å²) in [5.41, 5.74) is 0. The van der Waals surface area contributed by atoms with Crippen LogP contribution in [-0.2, 0) is 4.79 Å². The molecular weight excluding hydrogens is 181 g/mol. The van der Waals surface area contributed by atoms with Gasteiger partial charge in [0.15, 0.2) is 5.78 Å². The van der Waals surface area contributed by atoms with Gasteiger partial charge < -0.3 is 5.32 Å². The summed E-state index contributed by atoms with van der Waals surface area (Å²) in [6.45, 7) is 3.96. The Morgan fingerprint density at radius 2 is 2.15 bits per heavy atom. The predicted octanol–water partition coefficient (Wildman–Crippen LogP) is 1.80. The molecule has 1 aliphatic carbocycles. The minimum Gasteiger partial charge on any atom is -0.304 e. The van der Waals surface area contributed by atoms with Gasteiger partial charge in [-0.05, 0) is 12.3 Å². The molecule has 0 saturated heterocycles. The first-order valence-corrected chi connectivity index (χ1v) is 5.94. The lowest BCUT2D eigenvalue weighted by molar-refractivity contribution is -0.124. The molecule has 76 valence electrons. The Labute approximate surface area is 83.1 Å². The number of hydrogen-bond acceptors (Lipinski definition) is 2. The van der Waals surface area contributed by atoms with Crippen molar-refractivity contribution < 1.29 is 4.79 Å². The van der Waals surface area contributed by atoms with E-state index in [0.29, 0.717) is 5.78 Å². The van der Waals surface area contributed by atoms with Crippen molar-refractivity contribution in [1.29, 1.82) is 0 Å². The molecule has 2 unspecified atom stereocenters. The van der Waals surface area contributed by atoms with Gasteiger partial charge in [0.05, 0.1) is 6.04 Å². The summed E-state index contributed by atoms with van der Waals surface area (Å²) in [5, 5.41) is 3.25. The molecule has 2 nitrogen and oxygen atoms in total. The average Bonchev–Trinajstić information content (AvgIpc) is 2.86. The number of carbonyl (C=O) groups is 1. The zero-order valence-electron chi connectivity index (χ0n) is 8.55. The fraction of sp³-hybridized carbons (Fsp3) is 0.900. The van der Waals surface area contributed by atoms with Crippen LogP contribution < -0.4 is 5.32 Å². The van der Waals surface area contributed by atoms with Crippen LogP contribution in [0, 0.1) is 11.8 Å². The first-order valence-electron chi connectivity index (χ1n) is 5.12. The summed E-state index contributed by atoms with van der Waals surface area (Å²) < 4.78 is 0. The molecule has 1 rings (SSSR count). The molecule has 0 amide bonds. The number of carbonyl (C=O) groups excluding carboxylic acids is 1. The lowest BCUT2D eigenvalue weighted by Crippen LogP contribution is -2.38. The molecule has 1 aliphatic rings. The van der Waals surface area contributed by atoms with Gasteiger partial charge in [-0.25, -0.2) is 0 Å². The van der Waals surface area contributed by atoms with Gasteiger partial charge in [0.25, 0.3) is 0 Å². The van der Waals surface area contributed by atoms with Crippen LogP contribution in [0.4, 0.5) is 0 Å². The molecule has 0 aromatic heterocycles. The van der Waals surface area contributed by atoms with E-state index in [4.69, 9.17) is 0 Å². The Hall–Kier alpha value is 0.0600. The molecule has 1 saturated carbocycles. The summed E-state index contributed by atoms with van der Waals surface area (Å²) in [4.78, 5) is 11.7. The van der Waals surface area contributed by atoms with Gasteiger partial charge >= 0.3 is 0 Å². The minimum atomic E-state index is 0.102. The van der Waals surface area contributed by atoms with Crippen molar-refractivity contribution in [2.45, 2.75) is 39.2 Å². The topological polar surface area (TPSA) is 29.1 Å². The van der Waals surface area contributed by atoms with E-state index in [1.54, 1.807) is 0 Å². The molecule has 0 radical (unpaired) electrons. The molecule has 0 heterocycles. The highest BCUT2D eigenvalue weighted by Crippen LogP contribution is 2.34. The predicted molar refractivity (Wildman–Crippen MR) is 58.7 cm³/mol. The maximum Gasteiger partial charge on any atom is 0.152 e. The number of nitrogens with one attached hydrogen (secondary N) is 1. The van der Waals surface area contributed by atoms with E-state index in [0.717, 1.165) is 18.6 Å². The minimum absolute atomic E-state index is 0.102. The van der Waals surface area contributed by atoms with Crippen LogP contribution in [0.15, 0.2) is 0 Å². The highest BCUT2D eigenvalue weighted by atomic mass is 31.0. The van der Waals surface area contributed by atoms with Gasteiger partial charge in [0.2, 0.25) is 0 Å². The van der Waals surface area contributed by atoms with Crippen LogP contribution in [0.1, 0.15) is 33.1 Å². The van der Waals surface area contributed by atoms with E-state index in [2.05, 4.69) is 14.6 Å². The van der Waals surface area contributed by atoms with Crippen molar-refractivity contribution in [1.82, 2.24) is 5.32 Å². The van der Waals surface area contributed by atoms with Crippen molar-refractivity contribution in [3.05, 3.63) is 0 Å². The number of rotatable bonds is 6. The van der Waals surface area contributed by atoms with E-state index in [1.807, 2.05) is 13.8 Å². The van der Waals surface area contributed by atoms with Gasteiger partial charge in [0.1, 0.15) is 0 Å². The van der Waals surface area contributed by atoms with E-state index in [-0.39, 0.29) is 12.0 Å². The second-order valence-electron chi connectivity index (χ2n) is 4.20. The highest BCUT2D eigenvalue weighted by molar-refractivity contribution is 7.16. The quantitative estimate of drug-likeness (QED) is 0.664. The number of Topliss-reactive ketones (excluding diaryl/α,β-unsaturated/α-hetero) is 1. The standard InChI is InChI=1S/C10H20NOP/c1-7(2)10(12)9(11-6-13)5-8-3-4-8/h7-9,11H,3-6,13H2,1-2H3. The van der Waals surface area contributed by atoms with E-state index >= 15 is 0 Å². The fourth-order valence-corrected chi connectivity index (χ4v) is 1.82. The molecule has 0 aromatic carbocycles. The number of hydrogen-bond donors (Lipinski definition) is 1. The maximum atomic E-state index is 11.7. The SMILES string of the molecule is CC(C)C(=O)C(CC1CC1)NCP. The summed E-state index contributed by atoms with van der Waals surface area (Å²) in [6.07, 6.45) is 4.50. The maximum absolute atomic E-state index is 11.7. The van der Waals surface area contributed by atoms with Gasteiger partial charge in [-0.1, -0.05) is 26.7 Å². The van der Waals surface area contributed by atoms with Crippen LogP contribution >= 0.6 is 9.24 Å². The summed E-state index contributed by atoms with van der Waals surface area (Å²) in [6, 6.07) is 0.102. The van der Waals surface area contributed by atoms with Gasteiger partial charge in [0, 0.05) is 12.2 Å². The van der Waals surface area contributed by atoms with Gasteiger partial charge in [-0.15, -0.1) is 9.24 Å². The lowest BCUT2D eigenvalue weighted by Gasteiger charge is -2.18. The van der Waals surface area contributed by atoms with Crippen LogP contribution in [0.2, 0.25) is 0 Å². The molecule has 0 aliphatic heterocycles. The second-order valence-corrected chi connectivity index (χ2v) is 4.61. The van der Waals surface area contributed by atoms with Crippen LogP contribution in [0.5, 0.6) is 0 Å². The van der Waals surface area contributed by atoms with E-state index in [9.17, 15) is 4.79 Å². The summed E-state index contributed by atoms with van der Waals surface area (Å²) >= 11 is 0. The number of ketones is 1. The first-order chi connectivity index (χ1) is 6.15. The monoisotopic (exact) mass is 201 g/mol. The van der Waals surface area contributed by atoms with Crippen molar-refractivity contribution in [2.75, 3.05) is 6.29 Å². The third kappa shape index (κ3) is 3.74. The third-order valence-corrected chi connectivity index (χ3v) is 2.78. The Bertz CT molecular complexity index is 178. The molecule has 3 heteroatoms. The van der Waals surface area contributed by atoms with Crippen LogP contribution in [0.25, 0.3) is 0 Å². The Kier molecular flexibility index (Phi) is 4.34. The van der Waals surface area contributed by atoms with Gasteiger partial charge in [-0.3, -0.25) is 4.79 Å². The van der Waals surface area contributed by atoms with Crippen molar-refractivity contribution >= 4 is 15.0 Å². The summed E-state index contributed by atoms with van der Waals surface area (Å²) in [7, 11) is 2.62. The van der Waals surface area contributed by atoms with E-state index in [1.165, 1.54) is 12.8 Å². The van der Waals surface area contributed by atoms with Crippen molar-refractivity contribution in [2.24, 2.45) is 11.8 Å². The van der Waals surface area contributed by atoms with E-state index < -0.39 is 0 Å². The zero-order valence-corrected chi connectivity index (χ0v) is 9.70. The fourth-order valence-electron chi connectivity index (χ4n) is 1.53. The molecule has 2 atom stereocenters. The molecule has 0 bridgehead atoms. The molecular formula is C10H20NOP. The second kappa shape index (κ2) is 5.07. The van der Waals surface area contributed by atoms with Crippen LogP contribution in [-0.4, -0.2) is 18.1 Å². The summed E-state index contributed by atoms with van der Waals surface area (Å²) in [5.74, 6) is 1.35. The first kappa shape index (κ1) is 11.1. The molecule has 1 fully saturated rings. The third-order valence-electron chi connectivity index (χ3n) is 2.54. The lowest BCUT2D eigenvalue weighted by atomic mass is 9.97. The molecule has 13 heavy (non-hydrogen) atoms. The average molecular weight is 201 g/mol. The van der Waals surface area contributed by atoms with Crippen molar-refractivity contribution in [3.8, 4) is 0 Å². The molecule has 0 aromatic rings. The van der Waals surface area contributed by atoms with Gasteiger partial charge in [-0.2, -0.15) is 0 Å². The zero-order chi connectivity index (χ0) is 9.84. The highest BCUT2D eigenvalue weighted by Gasteiger charge is 2.29. The molecule has 0 spiro atoms. The Balaban J connectivity index is 2.39. The normalized spacial score (nSPS) is 19.1. The largest absolute Gasteiger partial charge is 0.304 e.